The molecule has 5 nitrogen and oxygen atoms in total. The van der Waals surface area contributed by atoms with Crippen LogP contribution >= 0.6 is 35.0 Å². The SMILES string of the molecule is [C-]#[N+]c1nn(-c2c(Cl)cc(C(F)(F)F)cc2Cl)c(NCc2ccccn2)c1SC. The van der Waals surface area contributed by atoms with Crippen LogP contribution in [0.3, 0.4) is 0 Å². The molecule has 3 rings (SSSR count). The third kappa shape index (κ3) is 4.45. The molecule has 150 valence electrons. The maximum absolute atomic E-state index is 13.0. The molecule has 11 heteroatoms. The first-order valence-electron chi connectivity index (χ1n) is 8.01. The van der Waals surface area contributed by atoms with Gasteiger partial charge in [0.25, 0.3) is 0 Å². The van der Waals surface area contributed by atoms with Crippen molar-refractivity contribution in [3.63, 3.8) is 0 Å². The number of alkyl halides is 3. The molecule has 0 spiro atoms. The molecule has 0 aliphatic rings. The highest BCUT2D eigenvalue weighted by Gasteiger charge is 2.33. The Hall–Kier alpha value is -2.41. The van der Waals surface area contributed by atoms with Gasteiger partial charge in [0, 0.05) is 6.20 Å². The van der Waals surface area contributed by atoms with Gasteiger partial charge in [0.15, 0.2) is 5.82 Å². The van der Waals surface area contributed by atoms with Gasteiger partial charge in [-0.25, -0.2) is 0 Å². The third-order valence-corrected chi connectivity index (χ3v) is 5.21. The molecule has 0 bridgehead atoms. The molecule has 0 amide bonds. The normalized spacial score (nSPS) is 11.3. The molecule has 0 aliphatic carbocycles. The first-order chi connectivity index (χ1) is 13.8. The number of anilines is 1. The van der Waals surface area contributed by atoms with E-state index in [2.05, 4.69) is 20.2 Å². The van der Waals surface area contributed by atoms with E-state index in [0.29, 0.717) is 17.3 Å². The number of hydrogen-bond donors (Lipinski definition) is 1. The number of thioether (sulfide) groups is 1. The number of hydrogen-bond acceptors (Lipinski definition) is 4. The average molecular weight is 458 g/mol. The Bertz CT molecular complexity index is 1050. The summed E-state index contributed by atoms with van der Waals surface area (Å²) in [5.41, 5.74) is -0.196. The van der Waals surface area contributed by atoms with Crippen LogP contribution in [0, 0.1) is 6.57 Å². The van der Waals surface area contributed by atoms with Crippen LogP contribution in [0.15, 0.2) is 41.4 Å². The summed E-state index contributed by atoms with van der Waals surface area (Å²) in [6.07, 6.45) is -1.20. The monoisotopic (exact) mass is 457 g/mol. The molecule has 0 unspecified atom stereocenters. The van der Waals surface area contributed by atoms with Gasteiger partial charge in [0.1, 0.15) is 5.69 Å². The summed E-state index contributed by atoms with van der Waals surface area (Å²) in [6, 6.07) is 6.97. The van der Waals surface area contributed by atoms with Gasteiger partial charge in [-0.3, -0.25) is 4.98 Å². The highest BCUT2D eigenvalue weighted by molar-refractivity contribution is 7.99. The molecule has 1 aromatic carbocycles. The largest absolute Gasteiger partial charge is 0.416 e. The van der Waals surface area contributed by atoms with Crippen molar-refractivity contribution < 1.29 is 13.2 Å². The summed E-state index contributed by atoms with van der Waals surface area (Å²) in [4.78, 5) is 8.13. The van der Waals surface area contributed by atoms with Crippen LogP contribution < -0.4 is 5.32 Å². The first kappa shape index (κ1) is 21.3. The number of rotatable bonds is 5. The van der Waals surface area contributed by atoms with Crippen molar-refractivity contribution in [2.24, 2.45) is 0 Å². The molecular weight excluding hydrogens is 446 g/mol. The fourth-order valence-electron chi connectivity index (χ4n) is 2.58. The zero-order chi connectivity index (χ0) is 21.2. The van der Waals surface area contributed by atoms with Crippen molar-refractivity contribution >= 4 is 46.6 Å². The molecule has 0 saturated heterocycles. The van der Waals surface area contributed by atoms with Crippen LogP contribution in [0.1, 0.15) is 11.3 Å². The molecule has 29 heavy (non-hydrogen) atoms. The van der Waals surface area contributed by atoms with E-state index in [1.807, 2.05) is 6.07 Å². The van der Waals surface area contributed by atoms with E-state index in [9.17, 15) is 13.2 Å². The summed E-state index contributed by atoms with van der Waals surface area (Å²) >= 11 is 13.6. The van der Waals surface area contributed by atoms with Crippen LogP contribution in [-0.4, -0.2) is 21.0 Å². The molecular formula is C18H12Cl2F3N5S. The van der Waals surface area contributed by atoms with Gasteiger partial charge in [-0.15, -0.1) is 16.4 Å². The van der Waals surface area contributed by atoms with E-state index < -0.39 is 11.7 Å². The lowest BCUT2D eigenvalue weighted by atomic mass is 10.2. The highest BCUT2D eigenvalue weighted by Crippen LogP contribution is 2.42. The van der Waals surface area contributed by atoms with Crippen LogP contribution in [0.5, 0.6) is 0 Å². The lowest BCUT2D eigenvalue weighted by Gasteiger charge is -2.14. The van der Waals surface area contributed by atoms with E-state index in [0.717, 1.165) is 17.8 Å². The summed E-state index contributed by atoms with van der Waals surface area (Å²) in [5.74, 6) is 0.464. The second-order valence-corrected chi connectivity index (χ2v) is 7.32. The van der Waals surface area contributed by atoms with Crippen LogP contribution in [0.2, 0.25) is 10.0 Å². The standard InChI is InChI=1S/C18H12Cl2F3N5S/c1-24-16-15(29-2)17(26-9-11-5-3-4-6-25-11)28(27-16)14-12(19)7-10(8-13(14)20)18(21,22)23/h3-8,26H,9H2,2H3. The van der Waals surface area contributed by atoms with Crippen molar-refractivity contribution in [1.82, 2.24) is 14.8 Å². The molecule has 2 heterocycles. The number of aromatic nitrogens is 3. The zero-order valence-corrected chi connectivity index (χ0v) is 17.1. The van der Waals surface area contributed by atoms with Crippen LogP contribution in [0.4, 0.5) is 24.8 Å². The predicted molar refractivity (Wildman–Crippen MR) is 108 cm³/mol. The second kappa shape index (κ2) is 8.53. The number of nitrogens with zero attached hydrogens (tertiary/aromatic N) is 4. The van der Waals surface area contributed by atoms with Crippen molar-refractivity contribution in [2.75, 3.05) is 11.6 Å². The predicted octanol–water partition coefficient (Wildman–Crippen LogP) is 6.48. The summed E-state index contributed by atoms with van der Waals surface area (Å²) in [6.45, 7) is 7.66. The van der Waals surface area contributed by atoms with Gasteiger partial charge in [-0.05, 0) is 35.6 Å². The summed E-state index contributed by atoms with van der Waals surface area (Å²) in [5, 5.41) is 6.86. The Kier molecular flexibility index (Phi) is 6.27. The van der Waals surface area contributed by atoms with Gasteiger partial charge >= 0.3 is 12.0 Å². The van der Waals surface area contributed by atoms with Crippen LogP contribution in [-0.2, 0) is 12.7 Å². The topological polar surface area (TPSA) is 47.1 Å². The maximum atomic E-state index is 13.0. The molecule has 0 atom stereocenters. The number of pyridine rings is 1. The minimum absolute atomic E-state index is 0.0510. The van der Waals surface area contributed by atoms with Gasteiger partial charge in [-0.1, -0.05) is 35.8 Å². The van der Waals surface area contributed by atoms with E-state index >= 15 is 0 Å². The van der Waals surface area contributed by atoms with Gasteiger partial charge in [0.05, 0.1) is 32.7 Å². The smallest absolute Gasteiger partial charge is 0.363 e. The van der Waals surface area contributed by atoms with Gasteiger partial charge < -0.3 is 10.2 Å². The minimum atomic E-state index is -4.60. The lowest BCUT2D eigenvalue weighted by Crippen LogP contribution is -2.10. The Morgan fingerprint density at radius 2 is 1.93 bits per heavy atom. The number of nitrogens with one attached hydrogen (secondary N) is 1. The van der Waals surface area contributed by atoms with Crippen molar-refractivity contribution in [3.8, 4) is 5.69 Å². The molecule has 0 saturated carbocycles. The van der Waals surface area contributed by atoms with E-state index in [4.69, 9.17) is 29.8 Å². The van der Waals surface area contributed by atoms with Crippen molar-refractivity contribution in [3.05, 3.63) is 69.2 Å². The van der Waals surface area contributed by atoms with Crippen molar-refractivity contribution in [2.45, 2.75) is 17.6 Å². The Labute approximate surface area is 178 Å². The first-order valence-corrected chi connectivity index (χ1v) is 9.99. The molecule has 0 radical (unpaired) electrons. The fraction of sp³-hybridized carbons (Fsp3) is 0.167. The van der Waals surface area contributed by atoms with Gasteiger partial charge in [-0.2, -0.15) is 13.2 Å². The van der Waals surface area contributed by atoms with Crippen LogP contribution in [0.25, 0.3) is 10.5 Å². The summed E-state index contributed by atoms with van der Waals surface area (Å²) in [7, 11) is 0. The van der Waals surface area contributed by atoms with E-state index in [1.54, 1.807) is 24.6 Å². The molecule has 0 aliphatic heterocycles. The van der Waals surface area contributed by atoms with Crippen molar-refractivity contribution in [1.29, 1.82) is 0 Å². The molecule has 0 fully saturated rings. The number of halogens is 5. The fourth-order valence-corrected chi connectivity index (χ4v) is 3.85. The zero-order valence-electron chi connectivity index (χ0n) is 14.8. The van der Waals surface area contributed by atoms with Gasteiger partial charge in [0.2, 0.25) is 0 Å². The molecule has 3 aromatic rings. The second-order valence-electron chi connectivity index (χ2n) is 5.69. The maximum Gasteiger partial charge on any atom is 0.416 e. The molecule has 2 aromatic heterocycles. The molecule has 1 N–H and O–H groups in total. The number of benzene rings is 1. The lowest BCUT2D eigenvalue weighted by molar-refractivity contribution is -0.137. The minimum Gasteiger partial charge on any atom is -0.363 e. The average Bonchev–Trinajstić information content (AvgIpc) is 3.03. The van der Waals surface area contributed by atoms with E-state index in [-0.39, 0.29) is 21.6 Å². The Morgan fingerprint density at radius 3 is 2.45 bits per heavy atom. The highest BCUT2D eigenvalue weighted by atomic mass is 35.5. The van der Waals surface area contributed by atoms with E-state index in [1.165, 1.54) is 16.4 Å². The Balaban J connectivity index is 2.12. The quantitative estimate of drug-likeness (QED) is 0.351. The third-order valence-electron chi connectivity index (χ3n) is 3.85. The Morgan fingerprint density at radius 1 is 1.24 bits per heavy atom. The summed E-state index contributed by atoms with van der Waals surface area (Å²) < 4.78 is 40.4.